The fourth-order valence-corrected chi connectivity index (χ4v) is 1.20. The van der Waals surface area contributed by atoms with E-state index in [9.17, 15) is 9.59 Å². The van der Waals surface area contributed by atoms with Gasteiger partial charge in [0.05, 0.1) is 19.9 Å². The molecule has 1 amide bonds. The number of rotatable bonds is 6. The van der Waals surface area contributed by atoms with Crippen molar-refractivity contribution in [2.24, 2.45) is 0 Å². The maximum absolute atomic E-state index is 11.3. The zero-order valence-corrected chi connectivity index (χ0v) is 9.89. The van der Waals surface area contributed by atoms with E-state index in [0.29, 0.717) is 5.76 Å². The zero-order chi connectivity index (χ0) is 13.4. The minimum atomic E-state index is -0.517. The van der Waals surface area contributed by atoms with Crippen LogP contribution in [0.2, 0.25) is 0 Å². The monoisotopic (exact) mass is 251 g/mol. The first-order chi connectivity index (χ1) is 8.69. The molecule has 0 fully saturated rings. The molecule has 1 heterocycles. The molecule has 0 aliphatic rings. The number of hydrogen-bond acceptors (Lipinski definition) is 5. The van der Waals surface area contributed by atoms with Crippen LogP contribution in [0.1, 0.15) is 16.1 Å². The fourth-order valence-electron chi connectivity index (χ4n) is 1.20. The van der Waals surface area contributed by atoms with E-state index >= 15 is 0 Å². The van der Waals surface area contributed by atoms with Gasteiger partial charge in [0.15, 0.2) is 0 Å². The molecule has 0 aliphatic heterocycles. The third kappa shape index (κ3) is 3.96. The van der Waals surface area contributed by atoms with E-state index in [2.05, 4.69) is 16.0 Å². The van der Waals surface area contributed by atoms with Crippen molar-refractivity contribution < 1.29 is 23.5 Å². The van der Waals surface area contributed by atoms with Crippen LogP contribution in [0.15, 0.2) is 16.7 Å². The summed E-state index contributed by atoms with van der Waals surface area (Å²) < 4.78 is 14.5. The molecule has 1 aromatic heterocycles. The summed E-state index contributed by atoms with van der Waals surface area (Å²) in [7, 11) is 1.27. The topological polar surface area (TPSA) is 77.8 Å². The summed E-state index contributed by atoms with van der Waals surface area (Å²) in [5.41, 5.74) is 0.280. The van der Waals surface area contributed by atoms with E-state index in [1.165, 1.54) is 19.4 Å². The Morgan fingerprint density at radius 2 is 2.33 bits per heavy atom. The molecule has 0 aliphatic carbocycles. The predicted molar refractivity (Wildman–Crippen MR) is 61.5 cm³/mol. The van der Waals surface area contributed by atoms with E-state index in [1.807, 2.05) is 0 Å². The third-order valence-electron chi connectivity index (χ3n) is 2.02. The number of carbonyl (C=O) groups excluding carboxylic acids is 2. The van der Waals surface area contributed by atoms with Crippen molar-refractivity contribution in [3.05, 3.63) is 23.7 Å². The molecule has 0 spiro atoms. The molecule has 1 aromatic rings. The molecule has 96 valence electrons. The van der Waals surface area contributed by atoms with Gasteiger partial charge in [-0.05, 0) is 6.07 Å². The molecular formula is C12H13NO5. The number of amides is 1. The van der Waals surface area contributed by atoms with Crippen LogP contribution in [0.5, 0.6) is 0 Å². The summed E-state index contributed by atoms with van der Waals surface area (Å²) in [5, 5.41) is 2.53. The Hall–Kier alpha value is -2.26. The van der Waals surface area contributed by atoms with E-state index in [-0.39, 0.29) is 31.2 Å². The maximum Gasteiger partial charge on any atom is 0.341 e. The lowest BCUT2D eigenvalue weighted by molar-refractivity contribution is -0.125. The molecule has 18 heavy (non-hydrogen) atoms. The van der Waals surface area contributed by atoms with Gasteiger partial charge in [-0.15, -0.1) is 6.42 Å². The maximum atomic E-state index is 11.3. The summed E-state index contributed by atoms with van der Waals surface area (Å²) in [4.78, 5) is 22.6. The predicted octanol–water partition coefficient (Wildman–Crippen LogP) is 0.332. The number of esters is 1. The Morgan fingerprint density at radius 1 is 1.56 bits per heavy atom. The Morgan fingerprint density at radius 3 is 3.00 bits per heavy atom. The smallest absolute Gasteiger partial charge is 0.341 e. The lowest BCUT2D eigenvalue weighted by Gasteiger charge is -2.04. The summed E-state index contributed by atoms with van der Waals surface area (Å²) in [6.07, 6.45) is 6.31. The van der Waals surface area contributed by atoms with Crippen LogP contribution in [0.25, 0.3) is 0 Å². The van der Waals surface area contributed by atoms with E-state index < -0.39 is 5.97 Å². The van der Waals surface area contributed by atoms with Gasteiger partial charge in [0.1, 0.15) is 24.5 Å². The lowest BCUT2D eigenvalue weighted by atomic mass is 10.2. The van der Waals surface area contributed by atoms with Crippen LogP contribution in [-0.2, 0) is 20.8 Å². The molecule has 0 aromatic carbocycles. The van der Waals surface area contributed by atoms with Crippen molar-refractivity contribution >= 4 is 11.9 Å². The van der Waals surface area contributed by atoms with E-state index in [4.69, 9.17) is 15.6 Å². The molecule has 1 N–H and O–H groups in total. The molecule has 0 atom stereocenters. The average molecular weight is 251 g/mol. The van der Waals surface area contributed by atoms with Gasteiger partial charge in [0, 0.05) is 0 Å². The van der Waals surface area contributed by atoms with Gasteiger partial charge in [-0.3, -0.25) is 4.79 Å². The van der Waals surface area contributed by atoms with Crippen molar-refractivity contribution in [1.29, 1.82) is 0 Å². The van der Waals surface area contributed by atoms with Crippen LogP contribution in [0.3, 0.4) is 0 Å². The van der Waals surface area contributed by atoms with Crippen molar-refractivity contribution in [2.75, 3.05) is 20.3 Å². The second-order valence-corrected chi connectivity index (χ2v) is 3.22. The minimum Gasteiger partial charge on any atom is -0.467 e. The van der Waals surface area contributed by atoms with Crippen molar-refractivity contribution in [2.45, 2.75) is 6.54 Å². The quantitative estimate of drug-likeness (QED) is 0.448. The normalized spacial score (nSPS) is 9.56. The van der Waals surface area contributed by atoms with Crippen LogP contribution in [-0.4, -0.2) is 32.2 Å². The van der Waals surface area contributed by atoms with Crippen molar-refractivity contribution in [1.82, 2.24) is 5.32 Å². The average Bonchev–Trinajstić information content (AvgIpc) is 2.84. The third-order valence-corrected chi connectivity index (χ3v) is 2.02. The Bertz CT molecular complexity index is 457. The highest BCUT2D eigenvalue weighted by Crippen LogP contribution is 2.11. The Kier molecular flexibility index (Phi) is 5.48. The number of hydrogen-bond donors (Lipinski definition) is 1. The fraction of sp³-hybridized carbons (Fsp3) is 0.333. The molecule has 0 saturated carbocycles. The first kappa shape index (κ1) is 13.8. The van der Waals surface area contributed by atoms with Gasteiger partial charge in [0.2, 0.25) is 5.91 Å². The number of methoxy groups -OCH3 is 1. The summed E-state index contributed by atoms with van der Waals surface area (Å²) in [6.45, 7) is 0.00965. The number of ether oxygens (including phenoxy) is 2. The van der Waals surface area contributed by atoms with E-state index in [0.717, 1.165) is 0 Å². The Labute approximate surface area is 104 Å². The number of nitrogens with one attached hydrogen (secondary N) is 1. The summed E-state index contributed by atoms with van der Waals surface area (Å²) in [5.74, 6) is 1.70. The van der Waals surface area contributed by atoms with Crippen LogP contribution in [0, 0.1) is 12.3 Å². The standard InChI is InChI=1S/C12H13NO5/c1-3-5-17-8-11(14)13-7-10-9(4-6-18-10)12(15)16-2/h1,4,6H,5,7-8H2,2H3,(H,13,14). The van der Waals surface area contributed by atoms with Crippen LogP contribution in [0.4, 0.5) is 0 Å². The van der Waals surface area contributed by atoms with Crippen molar-refractivity contribution in [3.63, 3.8) is 0 Å². The first-order valence-corrected chi connectivity index (χ1v) is 5.11. The summed E-state index contributed by atoms with van der Waals surface area (Å²) in [6, 6.07) is 1.47. The number of furan rings is 1. The number of terminal acetylenes is 1. The zero-order valence-electron chi connectivity index (χ0n) is 9.89. The van der Waals surface area contributed by atoms with Gasteiger partial charge in [-0.1, -0.05) is 5.92 Å². The molecule has 0 unspecified atom stereocenters. The summed E-state index contributed by atoms with van der Waals surface area (Å²) >= 11 is 0. The molecular weight excluding hydrogens is 238 g/mol. The minimum absolute atomic E-state index is 0.0710. The highest BCUT2D eigenvalue weighted by molar-refractivity contribution is 5.90. The van der Waals surface area contributed by atoms with Gasteiger partial charge in [-0.2, -0.15) is 0 Å². The van der Waals surface area contributed by atoms with Gasteiger partial charge < -0.3 is 19.2 Å². The first-order valence-electron chi connectivity index (χ1n) is 5.11. The molecule has 0 bridgehead atoms. The lowest BCUT2D eigenvalue weighted by Crippen LogP contribution is -2.27. The Balaban J connectivity index is 2.44. The van der Waals surface area contributed by atoms with E-state index in [1.54, 1.807) is 0 Å². The highest BCUT2D eigenvalue weighted by Gasteiger charge is 2.15. The van der Waals surface area contributed by atoms with Gasteiger partial charge in [-0.25, -0.2) is 4.79 Å². The van der Waals surface area contributed by atoms with Crippen LogP contribution >= 0.6 is 0 Å². The van der Waals surface area contributed by atoms with Gasteiger partial charge in [0.25, 0.3) is 0 Å². The second kappa shape index (κ2) is 7.14. The van der Waals surface area contributed by atoms with Crippen LogP contribution < -0.4 is 5.32 Å². The highest BCUT2D eigenvalue weighted by atomic mass is 16.5. The molecule has 0 radical (unpaired) electrons. The number of carbonyl (C=O) groups is 2. The molecule has 0 saturated heterocycles. The SMILES string of the molecule is C#CCOCC(=O)NCc1occc1C(=O)OC. The molecule has 6 heteroatoms. The van der Waals surface area contributed by atoms with Gasteiger partial charge >= 0.3 is 5.97 Å². The molecule has 1 rings (SSSR count). The van der Waals surface area contributed by atoms with Crippen molar-refractivity contribution in [3.8, 4) is 12.3 Å². The second-order valence-electron chi connectivity index (χ2n) is 3.22. The molecule has 6 nitrogen and oxygen atoms in total. The largest absolute Gasteiger partial charge is 0.467 e.